The molecule has 5 rings (SSSR count). The maximum absolute atomic E-state index is 13.5. The first-order valence-electron chi connectivity index (χ1n) is 12.6. The number of carbonyl (C=O) groups is 3. The van der Waals surface area contributed by atoms with Gasteiger partial charge in [0, 0.05) is 22.8 Å². The summed E-state index contributed by atoms with van der Waals surface area (Å²) in [5.41, 5.74) is 3.07. The number of nitrogens with one attached hydrogen (secondary N) is 2. The Morgan fingerprint density at radius 2 is 1.60 bits per heavy atom. The predicted molar refractivity (Wildman–Crippen MR) is 149 cm³/mol. The maximum Gasteiger partial charge on any atom is 0.411 e. The molecule has 0 radical (unpaired) electrons. The van der Waals surface area contributed by atoms with Gasteiger partial charge in [-0.2, -0.15) is 0 Å². The van der Waals surface area contributed by atoms with Crippen molar-refractivity contribution in [1.29, 1.82) is 0 Å². The van der Waals surface area contributed by atoms with Crippen molar-refractivity contribution in [2.45, 2.75) is 25.2 Å². The Kier molecular flexibility index (Phi) is 8.07. The van der Waals surface area contributed by atoms with Crippen LogP contribution in [0.2, 0.25) is 5.02 Å². The summed E-state index contributed by atoms with van der Waals surface area (Å²) in [5, 5.41) is 6.16. The predicted octanol–water partition coefficient (Wildman–Crippen LogP) is 6.11. The van der Waals surface area contributed by atoms with Gasteiger partial charge in [-0.15, -0.1) is 0 Å². The van der Waals surface area contributed by atoms with Crippen LogP contribution in [-0.4, -0.2) is 28.8 Å². The minimum Gasteiger partial charge on any atom is -0.438 e. The van der Waals surface area contributed by atoms with Crippen molar-refractivity contribution in [1.82, 2.24) is 10.2 Å². The van der Waals surface area contributed by atoms with Crippen molar-refractivity contribution in [3.05, 3.63) is 136 Å². The van der Waals surface area contributed by atoms with Crippen LogP contribution >= 0.6 is 11.6 Å². The number of nitrogens with zero attached hydrogens (tertiary/aromatic N) is 1. The Balaban J connectivity index is 1.36. The van der Waals surface area contributed by atoms with E-state index < -0.39 is 24.1 Å². The molecule has 4 aromatic carbocycles. The number of anilines is 1. The van der Waals surface area contributed by atoms with E-state index in [1.165, 1.54) is 17.0 Å². The van der Waals surface area contributed by atoms with Gasteiger partial charge in [0.1, 0.15) is 5.82 Å². The highest BCUT2D eigenvalue weighted by atomic mass is 35.5. The molecule has 0 unspecified atom stereocenters. The smallest absolute Gasteiger partial charge is 0.411 e. The van der Waals surface area contributed by atoms with Gasteiger partial charge in [-0.05, 0) is 59.2 Å². The van der Waals surface area contributed by atoms with Crippen LogP contribution in [0.15, 0.2) is 103 Å². The van der Waals surface area contributed by atoms with Crippen LogP contribution in [0.25, 0.3) is 0 Å². The van der Waals surface area contributed by atoms with E-state index in [0.717, 1.165) is 5.56 Å². The minimum absolute atomic E-state index is 0.0623. The lowest BCUT2D eigenvalue weighted by atomic mass is 10.00. The highest BCUT2D eigenvalue weighted by molar-refractivity contribution is 6.31. The second kappa shape index (κ2) is 12.0. The molecule has 1 heterocycles. The monoisotopic (exact) mass is 557 g/mol. The molecule has 3 amide bonds. The number of amides is 3. The summed E-state index contributed by atoms with van der Waals surface area (Å²) in [6.45, 7) is 0.336. The van der Waals surface area contributed by atoms with Crippen LogP contribution in [0.4, 0.5) is 14.9 Å². The molecule has 1 aliphatic heterocycles. The molecule has 1 fully saturated rings. The largest absolute Gasteiger partial charge is 0.438 e. The van der Waals surface area contributed by atoms with Gasteiger partial charge >= 0.3 is 6.09 Å². The summed E-state index contributed by atoms with van der Waals surface area (Å²) in [6.07, 6.45) is -1.56. The molecule has 1 saturated heterocycles. The lowest BCUT2D eigenvalue weighted by molar-refractivity contribution is -0.126. The van der Waals surface area contributed by atoms with Gasteiger partial charge < -0.3 is 15.4 Å². The van der Waals surface area contributed by atoms with Crippen LogP contribution in [0.5, 0.6) is 0 Å². The van der Waals surface area contributed by atoms with E-state index >= 15 is 0 Å². The molecule has 0 saturated carbocycles. The molecule has 0 aliphatic carbocycles. The first-order chi connectivity index (χ1) is 19.4. The second-order valence-electron chi connectivity index (χ2n) is 9.29. The van der Waals surface area contributed by atoms with Crippen LogP contribution < -0.4 is 10.6 Å². The van der Waals surface area contributed by atoms with Gasteiger partial charge in [0.05, 0.1) is 6.54 Å². The molecular weight excluding hydrogens is 533 g/mol. The maximum atomic E-state index is 13.5. The fourth-order valence-electron chi connectivity index (χ4n) is 4.48. The number of cyclic esters (lactones) is 1. The Morgan fingerprint density at radius 3 is 2.30 bits per heavy atom. The van der Waals surface area contributed by atoms with Gasteiger partial charge in [0.15, 0.2) is 12.1 Å². The number of hydrogen-bond donors (Lipinski definition) is 2. The van der Waals surface area contributed by atoms with Crippen molar-refractivity contribution in [3.8, 4) is 0 Å². The molecule has 4 aromatic rings. The third-order valence-corrected chi connectivity index (χ3v) is 6.75. The van der Waals surface area contributed by atoms with Crippen molar-refractivity contribution in [3.63, 3.8) is 0 Å². The van der Waals surface area contributed by atoms with Crippen molar-refractivity contribution < 1.29 is 23.5 Å². The molecule has 2 N–H and O–H groups in total. The van der Waals surface area contributed by atoms with E-state index in [0.29, 0.717) is 27.4 Å². The van der Waals surface area contributed by atoms with Crippen molar-refractivity contribution >= 4 is 35.2 Å². The van der Waals surface area contributed by atoms with Gasteiger partial charge in [-0.3, -0.25) is 14.5 Å². The highest BCUT2D eigenvalue weighted by Gasteiger charge is 2.46. The number of hydrogen-bond acceptors (Lipinski definition) is 4. The summed E-state index contributed by atoms with van der Waals surface area (Å²) in [7, 11) is 0. The van der Waals surface area contributed by atoms with E-state index in [1.807, 2.05) is 30.3 Å². The molecule has 40 heavy (non-hydrogen) atoms. The van der Waals surface area contributed by atoms with Gasteiger partial charge in [-0.1, -0.05) is 72.3 Å². The molecule has 202 valence electrons. The Labute approximate surface area is 235 Å². The standard InChI is InChI=1S/C31H25ClFN3O4/c32-24-8-4-7-23(17-24)29(37)35-26-15-11-22(12-16-26)28-27(30(38)34-18-20-5-2-1-3-6-20)36(31(39)40-28)19-21-9-13-25(33)14-10-21/h1-17,27-28H,18-19H2,(H,34,38)(H,35,37)/t27-,28-/m1/s1. The van der Waals surface area contributed by atoms with Crippen LogP contribution in [-0.2, 0) is 22.6 Å². The lowest BCUT2D eigenvalue weighted by Crippen LogP contribution is -2.46. The molecule has 9 heteroatoms. The Hall–Kier alpha value is -4.69. The Bertz CT molecular complexity index is 1510. The fraction of sp³-hybridized carbons (Fsp3) is 0.129. The first kappa shape index (κ1) is 26.9. The topological polar surface area (TPSA) is 87.7 Å². The summed E-state index contributed by atoms with van der Waals surface area (Å²) in [4.78, 5) is 40.4. The van der Waals surface area contributed by atoms with Gasteiger partial charge in [-0.25, -0.2) is 9.18 Å². The third-order valence-electron chi connectivity index (χ3n) is 6.51. The van der Waals surface area contributed by atoms with Crippen molar-refractivity contribution in [2.75, 3.05) is 5.32 Å². The highest BCUT2D eigenvalue weighted by Crippen LogP contribution is 2.34. The first-order valence-corrected chi connectivity index (χ1v) is 13.0. The molecule has 0 spiro atoms. The molecule has 7 nitrogen and oxygen atoms in total. The number of rotatable bonds is 8. The fourth-order valence-corrected chi connectivity index (χ4v) is 4.67. The average Bonchev–Trinajstić information content (AvgIpc) is 3.29. The van der Waals surface area contributed by atoms with Crippen LogP contribution in [0, 0.1) is 5.82 Å². The molecule has 2 atom stereocenters. The summed E-state index contributed by atoms with van der Waals surface area (Å²) in [5.74, 6) is -1.11. The number of benzene rings is 4. The minimum atomic E-state index is -0.979. The van der Waals surface area contributed by atoms with Crippen molar-refractivity contribution in [2.24, 2.45) is 0 Å². The number of carbonyl (C=O) groups excluding carboxylic acids is 3. The third kappa shape index (κ3) is 6.30. The van der Waals surface area contributed by atoms with Gasteiger partial charge in [0.2, 0.25) is 5.91 Å². The number of ether oxygens (including phenoxy) is 1. The van der Waals surface area contributed by atoms with Crippen LogP contribution in [0.1, 0.15) is 33.2 Å². The van der Waals surface area contributed by atoms with E-state index in [4.69, 9.17) is 16.3 Å². The molecule has 0 aromatic heterocycles. The zero-order chi connectivity index (χ0) is 28.1. The van der Waals surface area contributed by atoms with Gasteiger partial charge in [0.25, 0.3) is 5.91 Å². The molecular formula is C31H25ClFN3O4. The van der Waals surface area contributed by atoms with E-state index in [1.54, 1.807) is 60.7 Å². The Morgan fingerprint density at radius 1 is 0.875 bits per heavy atom. The number of halogens is 2. The quantitative estimate of drug-likeness (QED) is 0.274. The van der Waals surface area contributed by atoms with E-state index in [9.17, 15) is 18.8 Å². The second-order valence-corrected chi connectivity index (χ2v) is 9.73. The van der Waals surface area contributed by atoms with Crippen LogP contribution in [0.3, 0.4) is 0 Å². The van der Waals surface area contributed by atoms with E-state index in [2.05, 4.69) is 10.6 Å². The SMILES string of the molecule is O=C(Nc1ccc([C@H]2OC(=O)N(Cc3ccc(F)cc3)[C@H]2C(=O)NCc2ccccc2)cc1)c1cccc(Cl)c1. The summed E-state index contributed by atoms with van der Waals surface area (Å²) < 4.78 is 19.1. The summed E-state index contributed by atoms with van der Waals surface area (Å²) in [6, 6.07) is 27.5. The van der Waals surface area contributed by atoms with E-state index in [-0.39, 0.29) is 24.9 Å². The lowest BCUT2D eigenvalue weighted by Gasteiger charge is -2.24. The average molecular weight is 558 g/mol. The molecule has 1 aliphatic rings. The summed E-state index contributed by atoms with van der Waals surface area (Å²) >= 11 is 5.99. The normalized spacial score (nSPS) is 16.4. The molecule has 0 bridgehead atoms. The zero-order valence-corrected chi connectivity index (χ0v) is 22.0. The zero-order valence-electron chi connectivity index (χ0n) is 21.2.